The predicted molar refractivity (Wildman–Crippen MR) is 54.4 cm³/mol. The van der Waals surface area contributed by atoms with Crippen molar-refractivity contribution in [1.29, 1.82) is 0 Å². The Morgan fingerprint density at radius 2 is 2.06 bits per heavy atom. The van der Waals surface area contributed by atoms with Crippen molar-refractivity contribution in [2.75, 3.05) is 0 Å². The number of carboxylic acid groups (broad SMARTS) is 1. The molecule has 0 aliphatic carbocycles. The topological polar surface area (TPSA) is 97.5 Å². The van der Waals surface area contributed by atoms with Gasteiger partial charge in [-0.1, -0.05) is 12.1 Å². The summed E-state index contributed by atoms with van der Waals surface area (Å²) >= 11 is 0. The molecule has 0 aliphatic heterocycles. The number of hydrogen-bond donors (Lipinski definition) is 1. The molecule has 6 heteroatoms. The van der Waals surface area contributed by atoms with Crippen LogP contribution in [-0.4, -0.2) is 21.8 Å². The third kappa shape index (κ3) is 2.63. The molecule has 0 unspecified atom stereocenters. The number of carboxylic acids is 1. The van der Waals surface area contributed by atoms with Crippen molar-refractivity contribution in [3.05, 3.63) is 39.4 Å². The lowest BCUT2D eigenvalue weighted by Crippen LogP contribution is -2.05. The number of nitrogens with zero attached hydrogens (tertiary/aromatic N) is 1. The van der Waals surface area contributed by atoms with E-state index in [2.05, 4.69) is 0 Å². The third-order valence-electron chi connectivity index (χ3n) is 2.03. The number of benzene rings is 1. The molecule has 0 aromatic heterocycles. The van der Waals surface area contributed by atoms with Crippen LogP contribution in [0.2, 0.25) is 0 Å². The minimum atomic E-state index is -1.15. The van der Waals surface area contributed by atoms with Crippen molar-refractivity contribution >= 4 is 17.4 Å². The second-order valence-electron chi connectivity index (χ2n) is 3.23. The van der Waals surface area contributed by atoms with Gasteiger partial charge in [0.1, 0.15) is 0 Å². The van der Waals surface area contributed by atoms with Crippen LogP contribution < -0.4 is 0 Å². The fraction of sp³-hybridized carbons (Fsp3) is 0.200. The Labute approximate surface area is 90.7 Å². The molecule has 0 heterocycles. The Hall–Kier alpha value is -2.24. The molecule has 0 bridgehead atoms. The van der Waals surface area contributed by atoms with E-state index in [0.717, 1.165) is 6.07 Å². The molecule has 16 heavy (non-hydrogen) atoms. The van der Waals surface area contributed by atoms with E-state index in [1.54, 1.807) is 0 Å². The van der Waals surface area contributed by atoms with Crippen LogP contribution >= 0.6 is 0 Å². The second-order valence-corrected chi connectivity index (χ2v) is 3.23. The van der Waals surface area contributed by atoms with Gasteiger partial charge in [-0.2, -0.15) is 0 Å². The number of ketones is 1. The Bertz CT molecular complexity index is 466. The van der Waals surface area contributed by atoms with Gasteiger partial charge >= 0.3 is 5.97 Å². The van der Waals surface area contributed by atoms with Gasteiger partial charge in [0, 0.05) is 17.2 Å². The number of carbonyl (C=O) groups is 2. The smallest absolute Gasteiger partial charge is 0.308 e. The number of Topliss-reactive ketones (excluding diaryl/α,β-unsaturated/α-hetero) is 1. The summed E-state index contributed by atoms with van der Waals surface area (Å²) in [6.45, 7) is 1.29. The van der Waals surface area contributed by atoms with Crippen LogP contribution in [0.1, 0.15) is 22.8 Å². The zero-order chi connectivity index (χ0) is 12.3. The molecule has 1 rings (SSSR count). The zero-order valence-corrected chi connectivity index (χ0v) is 8.47. The first-order valence-electron chi connectivity index (χ1n) is 4.42. The first-order chi connectivity index (χ1) is 7.41. The molecule has 1 aromatic carbocycles. The number of hydrogen-bond acceptors (Lipinski definition) is 4. The number of nitro groups is 1. The number of nitro benzene ring substituents is 1. The van der Waals surface area contributed by atoms with Crippen LogP contribution in [0, 0.1) is 10.1 Å². The van der Waals surface area contributed by atoms with Gasteiger partial charge in [0.2, 0.25) is 0 Å². The molecule has 6 nitrogen and oxygen atoms in total. The summed E-state index contributed by atoms with van der Waals surface area (Å²) in [4.78, 5) is 31.5. The van der Waals surface area contributed by atoms with E-state index in [9.17, 15) is 19.7 Å². The van der Waals surface area contributed by atoms with Crippen LogP contribution in [-0.2, 0) is 11.2 Å². The highest BCUT2D eigenvalue weighted by Gasteiger charge is 2.17. The van der Waals surface area contributed by atoms with Gasteiger partial charge in [0.05, 0.1) is 11.3 Å². The predicted octanol–water partition coefficient (Wildman–Crippen LogP) is 1.42. The normalized spacial score (nSPS) is 9.81. The lowest BCUT2D eigenvalue weighted by Gasteiger charge is -2.01. The van der Waals surface area contributed by atoms with E-state index in [4.69, 9.17) is 5.11 Å². The molecule has 0 amide bonds. The van der Waals surface area contributed by atoms with E-state index < -0.39 is 17.3 Å². The molecule has 1 N–H and O–H groups in total. The van der Waals surface area contributed by atoms with Gasteiger partial charge in [-0.15, -0.1) is 0 Å². The van der Waals surface area contributed by atoms with Crippen LogP contribution in [0.4, 0.5) is 5.69 Å². The van der Waals surface area contributed by atoms with Crippen LogP contribution in [0.15, 0.2) is 18.2 Å². The maximum absolute atomic E-state index is 11.0. The highest BCUT2D eigenvalue weighted by molar-refractivity contribution is 5.95. The zero-order valence-electron chi connectivity index (χ0n) is 8.47. The molecule has 0 fully saturated rings. The summed E-state index contributed by atoms with van der Waals surface area (Å²) in [5.41, 5.74) is -0.0570. The van der Waals surface area contributed by atoms with Crippen LogP contribution in [0.3, 0.4) is 0 Å². The highest BCUT2D eigenvalue weighted by Crippen LogP contribution is 2.21. The van der Waals surface area contributed by atoms with Crippen molar-refractivity contribution in [2.24, 2.45) is 0 Å². The van der Waals surface area contributed by atoms with E-state index in [1.165, 1.54) is 19.1 Å². The summed E-state index contributed by atoms with van der Waals surface area (Å²) in [6, 6.07) is 3.78. The van der Waals surface area contributed by atoms with E-state index in [1.807, 2.05) is 0 Å². The largest absolute Gasteiger partial charge is 0.481 e. The van der Waals surface area contributed by atoms with Gasteiger partial charge in [-0.3, -0.25) is 19.7 Å². The molecular weight excluding hydrogens is 214 g/mol. The van der Waals surface area contributed by atoms with Gasteiger partial charge in [0.25, 0.3) is 5.69 Å². The van der Waals surface area contributed by atoms with Gasteiger partial charge in [-0.25, -0.2) is 0 Å². The fourth-order valence-corrected chi connectivity index (χ4v) is 1.27. The summed E-state index contributed by atoms with van der Waals surface area (Å²) in [5, 5.41) is 19.2. The Kier molecular flexibility index (Phi) is 3.34. The molecule has 0 radical (unpaired) electrons. The van der Waals surface area contributed by atoms with E-state index >= 15 is 0 Å². The average Bonchev–Trinajstić information content (AvgIpc) is 2.16. The second kappa shape index (κ2) is 4.52. The minimum absolute atomic E-state index is 0.0856. The molecule has 84 valence electrons. The summed E-state index contributed by atoms with van der Waals surface area (Å²) < 4.78 is 0. The molecule has 1 aromatic rings. The van der Waals surface area contributed by atoms with Crippen LogP contribution in [0.5, 0.6) is 0 Å². The number of rotatable bonds is 4. The summed E-state index contributed by atoms with van der Waals surface area (Å²) in [6.07, 6.45) is -0.436. The van der Waals surface area contributed by atoms with Crippen molar-refractivity contribution in [3.8, 4) is 0 Å². The third-order valence-corrected chi connectivity index (χ3v) is 2.03. The van der Waals surface area contributed by atoms with Crippen molar-refractivity contribution in [2.45, 2.75) is 13.3 Å². The molecule has 0 atom stereocenters. The maximum Gasteiger partial charge on any atom is 0.308 e. The molecular formula is C10H9NO5. The average molecular weight is 223 g/mol. The van der Waals surface area contributed by atoms with Crippen molar-refractivity contribution in [1.82, 2.24) is 0 Å². The molecule has 0 saturated carbocycles. The minimum Gasteiger partial charge on any atom is -0.481 e. The monoisotopic (exact) mass is 223 g/mol. The number of carbonyl (C=O) groups excluding carboxylic acids is 1. The summed E-state index contributed by atoms with van der Waals surface area (Å²) in [7, 11) is 0. The van der Waals surface area contributed by atoms with Crippen LogP contribution in [0.25, 0.3) is 0 Å². The van der Waals surface area contributed by atoms with Gasteiger partial charge in [0.15, 0.2) is 5.78 Å². The maximum atomic E-state index is 11.0. The van der Waals surface area contributed by atoms with Gasteiger partial charge < -0.3 is 5.11 Å². The molecule has 0 aliphatic rings. The Morgan fingerprint density at radius 1 is 1.44 bits per heavy atom. The standard InChI is InChI=1S/C10H9NO5/c1-6(12)7-2-3-8(5-10(13)14)9(4-7)11(15)16/h2-4H,5H2,1H3,(H,13,14). The first kappa shape index (κ1) is 11.8. The molecule has 0 spiro atoms. The Morgan fingerprint density at radius 3 is 2.50 bits per heavy atom. The number of aliphatic carboxylic acids is 1. The van der Waals surface area contributed by atoms with Crippen molar-refractivity contribution in [3.63, 3.8) is 0 Å². The van der Waals surface area contributed by atoms with Crippen molar-refractivity contribution < 1.29 is 19.6 Å². The lowest BCUT2D eigenvalue weighted by atomic mass is 10.0. The fourth-order valence-electron chi connectivity index (χ4n) is 1.27. The van der Waals surface area contributed by atoms with E-state index in [-0.39, 0.29) is 22.6 Å². The summed E-state index contributed by atoms with van der Waals surface area (Å²) in [5.74, 6) is -1.45. The highest BCUT2D eigenvalue weighted by atomic mass is 16.6. The SMILES string of the molecule is CC(=O)c1ccc(CC(=O)O)c([N+](=O)[O-])c1. The lowest BCUT2D eigenvalue weighted by molar-refractivity contribution is -0.385. The first-order valence-corrected chi connectivity index (χ1v) is 4.42. The quantitative estimate of drug-likeness (QED) is 0.473. The molecule has 0 saturated heterocycles. The van der Waals surface area contributed by atoms with Gasteiger partial charge in [-0.05, 0) is 6.92 Å². The Balaban J connectivity index is 3.24. The van der Waals surface area contributed by atoms with E-state index in [0.29, 0.717) is 0 Å².